The fourth-order valence-electron chi connectivity index (χ4n) is 1.58. The lowest BCUT2D eigenvalue weighted by atomic mass is 10.1. The van der Waals surface area contributed by atoms with Gasteiger partial charge < -0.3 is 0 Å². The van der Waals surface area contributed by atoms with Crippen molar-refractivity contribution in [3.8, 4) is 0 Å². The molecule has 1 N–H and O–H groups in total. The molecular weight excluding hydrogens is 277 g/mol. The summed E-state index contributed by atoms with van der Waals surface area (Å²) < 4.78 is 13.6. The van der Waals surface area contributed by atoms with Crippen molar-refractivity contribution in [2.75, 3.05) is 5.75 Å². The van der Waals surface area contributed by atoms with Crippen LogP contribution in [0, 0.1) is 5.82 Å². The van der Waals surface area contributed by atoms with Gasteiger partial charge >= 0.3 is 0 Å². The standard InChI is InChI=1S/C11H13BrFNS/c1-11(2)6-15-10(14-11)7-3-4-9(13)8(12)5-7/h3-5,10,14H,6H2,1-2H3. The number of hydrogen-bond donors (Lipinski definition) is 1. The summed E-state index contributed by atoms with van der Waals surface area (Å²) >= 11 is 5.07. The number of thioether (sulfide) groups is 1. The average Bonchev–Trinajstić information content (AvgIpc) is 2.51. The molecule has 1 aromatic carbocycles. The highest BCUT2D eigenvalue weighted by atomic mass is 79.9. The molecule has 1 heterocycles. The minimum Gasteiger partial charge on any atom is -0.296 e. The van der Waals surface area contributed by atoms with E-state index in [1.54, 1.807) is 0 Å². The molecule has 0 saturated carbocycles. The van der Waals surface area contributed by atoms with Gasteiger partial charge in [0.25, 0.3) is 0 Å². The van der Waals surface area contributed by atoms with E-state index in [4.69, 9.17) is 0 Å². The van der Waals surface area contributed by atoms with Crippen molar-refractivity contribution < 1.29 is 4.39 Å². The van der Waals surface area contributed by atoms with Crippen LogP contribution in [-0.2, 0) is 0 Å². The largest absolute Gasteiger partial charge is 0.296 e. The minimum absolute atomic E-state index is 0.163. The number of hydrogen-bond acceptors (Lipinski definition) is 2. The second-order valence-electron chi connectivity index (χ2n) is 4.39. The third-order valence-corrected chi connectivity index (χ3v) is 4.60. The molecule has 0 aromatic heterocycles. The maximum Gasteiger partial charge on any atom is 0.137 e. The Morgan fingerprint density at radius 1 is 1.53 bits per heavy atom. The van der Waals surface area contributed by atoms with Crippen LogP contribution in [0.4, 0.5) is 4.39 Å². The van der Waals surface area contributed by atoms with E-state index < -0.39 is 0 Å². The first-order valence-electron chi connectivity index (χ1n) is 4.82. The van der Waals surface area contributed by atoms with Crippen LogP contribution >= 0.6 is 27.7 Å². The second kappa shape index (κ2) is 4.07. The van der Waals surface area contributed by atoms with Crippen LogP contribution in [0.25, 0.3) is 0 Å². The fraction of sp³-hybridized carbons (Fsp3) is 0.455. The SMILES string of the molecule is CC1(C)CSC(c2ccc(F)c(Br)c2)N1. The van der Waals surface area contributed by atoms with Gasteiger partial charge in [0.2, 0.25) is 0 Å². The van der Waals surface area contributed by atoms with E-state index in [9.17, 15) is 4.39 Å². The van der Waals surface area contributed by atoms with Gasteiger partial charge in [-0.3, -0.25) is 5.32 Å². The van der Waals surface area contributed by atoms with Gasteiger partial charge in [-0.05, 0) is 47.5 Å². The predicted octanol–water partition coefficient (Wildman–Crippen LogP) is 3.70. The summed E-state index contributed by atoms with van der Waals surface area (Å²) in [5, 5.41) is 3.79. The molecule has 1 atom stereocenters. The van der Waals surface area contributed by atoms with E-state index in [2.05, 4.69) is 35.1 Å². The van der Waals surface area contributed by atoms with E-state index in [0.29, 0.717) is 4.47 Å². The van der Waals surface area contributed by atoms with Crippen molar-refractivity contribution in [2.24, 2.45) is 0 Å². The number of nitrogens with one attached hydrogen (secondary N) is 1. The lowest BCUT2D eigenvalue weighted by Crippen LogP contribution is -2.35. The molecule has 15 heavy (non-hydrogen) atoms. The van der Waals surface area contributed by atoms with Gasteiger partial charge in [-0.15, -0.1) is 11.8 Å². The molecule has 4 heteroatoms. The number of benzene rings is 1. The van der Waals surface area contributed by atoms with E-state index in [1.165, 1.54) is 6.07 Å². The number of halogens is 2. The molecule has 0 spiro atoms. The van der Waals surface area contributed by atoms with Gasteiger partial charge in [-0.2, -0.15) is 0 Å². The van der Waals surface area contributed by atoms with Crippen LogP contribution in [0.1, 0.15) is 24.8 Å². The lowest BCUT2D eigenvalue weighted by Gasteiger charge is -2.19. The molecule has 0 bridgehead atoms. The topological polar surface area (TPSA) is 12.0 Å². The highest BCUT2D eigenvalue weighted by Gasteiger charge is 2.31. The van der Waals surface area contributed by atoms with Crippen LogP contribution < -0.4 is 5.32 Å². The molecule has 1 saturated heterocycles. The van der Waals surface area contributed by atoms with Crippen LogP contribution in [-0.4, -0.2) is 11.3 Å². The zero-order valence-corrected chi connectivity index (χ0v) is 11.1. The summed E-state index contributed by atoms with van der Waals surface area (Å²) in [6.07, 6.45) is 0. The molecule has 1 aliphatic heterocycles. The van der Waals surface area contributed by atoms with Gasteiger partial charge in [0.05, 0.1) is 9.85 Å². The van der Waals surface area contributed by atoms with E-state index >= 15 is 0 Å². The van der Waals surface area contributed by atoms with E-state index in [0.717, 1.165) is 11.3 Å². The Balaban J connectivity index is 2.21. The molecule has 2 rings (SSSR count). The van der Waals surface area contributed by atoms with Crippen molar-refractivity contribution >= 4 is 27.7 Å². The zero-order valence-electron chi connectivity index (χ0n) is 8.68. The first-order chi connectivity index (χ1) is 6.98. The Labute approximate surface area is 102 Å². The first-order valence-corrected chi connectivity index (χ1v) is 6.66. The zero-order chi connectivity index (χ0) is 11.1. The Bertz CT molecular complexity index is 381. The van der Waals surface area contributed by atoms with Crippen LogP contribution in [0.2, 0.25) is 0 Å². The maximum atomic E-state index is 13.1. The van der Waals surface area contributed by atoms with Crippen molar-refractivity contribution in [1.82, 2.24) is 5.32 Å². The van der Waals surface area contributed by atoms with E-state index in [1.807, 2.05) is 23.9 Å². The average molecular weight is 290 g/mol. The monoisotopic (exact) mass is 289 g/mol. The Morgan fingerprint density at radius 3 is 2.80 bits per heavy atom. The summed E-state index contributed by atoms with van der Waals surface area (Å²) in [7, 11) is 0. The molecule has 0 aliphatic carbocycles. The molecule has 1 nitrogen and oxygen atoms in total. The van der Waals surface area contributed by atoms with Crippen LogP contribution in [0.5, 0.6) is 0 Å². The Hall–Kier alpha value is -0.0600. The van der Waals surface area contributed by atoms with Gasteiger partial charge in [0, 0.05) is 11.3 Å². The van der Waals surface area contributed by atoms with Gasteiger partial charge in [-0.1, -0.05) is 6.07 Å². The lowest BCUT2D eigenvalue weighted by molar-refractivity contribution is 0.451. The third kappa shape index (κ3) is 2.55. The Morgan fingerprint density at radius 2 is 2.27 bits per heavy atom. The molecule has 82 valence electrons. The molecule has 1 aromatic rings. The van der Waals surface area contributed by atoms with Gasteiger partial charge in [0.15, 0.2) is 0 Å². The van der Waals surface area contributed by atoms with Crippen LogP contribution in [0.3, 0.4) is 0 Å². The minimum atomic E-state index is -0.207. The smallest absolute Gasteiger partial charge is 0.137 e. The second-order valence-corrected chi connectivity index (χ2v) is 6.34. The normalized spacial score (nSPS) is 24.4. The summed E-state index contributed by atoms with van der Waals surface area (Å²) in [4.78, 5) is 0. The van der Waals surface area contributed by atoms with Crippen molar-refractivity contribution in [2.45, 2.75) is 24.8 Å². The van der Waals surface area contributed by atoms with Gasteiger partial charge in [0.1, 0.15) is 5.82 Å². The molecule has 0 amide bonds. The van der Waals surface area contributed by atoms with Crippen molar-refractivity contribution in [3.05, 3.63) is 34.1 Å². The summed E-state index contributed by atoms with van der Waals surface area (Å²) in [6.45, 7) is 4.36. The summed E-state index contributed by atoms with van der Waals surface area (Å²) in [6, 6.07) is 5.19. The van der Waals surface area contributed by atoms with Gasteiger partial charge in [-0.25, -0.2) is 4.39 Å². The van der Waals surface area contributed by atoms with Crippen LogP contribution in [0.15, 0.2) is 22.7 Å². The molecular formula is C11H13BrFNS. The Kier molecular flexibility index (Phi) is 3.10. The summed E-state index contributed by atoms with van der Waals surface area (Å²) in [5.74, 6) is 0.869. The highest BCUT2D eigenvalue weighted by molar-refractivity contribution is 9.10. The first kappa shape index (κ1) is 11.4. The highest BCUT2D eigenvalue weighted by Crippen LogP contribution is 2.38. The molecule has 1 aliphatic rings. The number of rotatable bonds is 1. The quantitative estimate of drug-likeness (QED) is 0.846. The predicted molar refractivity (Wildman–Crippen MR) is 66.5 cm³/mol. The molecule has 1 fully saturated rings. The fourth-order valence-corrected chi connectivity index (χ4v) is 3.39. The summed E-state index contributed by atoms with van der Waals surface area (Å²) in [5.41, 5.74) is 1.29. The molecule has 1 unspecified atom stereocenters. The third-order valence-electron chi connectivity index (χ3n) is 2.38. The van der Waals surface area contributed by atoms with E-state index in [-0.39, 0.29) is 16.7 Å². The maximum absolute atomic E-state index is 13.1. The molecule has 0 radical (unpaired) electrons. The van der Waals surface area contributed by atoms with Crippen molar-refractivity contribution in [1.29, 1.82) is 0 Å². The van der Waals surface area contributed by atoms with Crippen molar-refractivity contribution in [3.63, 3.8) is 0 Å².